The third-order valence-corrected chi connectivity index (χ3v) is 4.67. The number of hydrogen-bond acceptors (Lipinski definition) is 4. The maximum absolute atomic E-state index is 13.3. The van der Waals surface area contributed by atoms with Crippen LogP contribution in [0.4, 0.5) is 10.1 Å². The largest absolute Gasteiger partial charge is 0.300 e. The zero-order valence-corrected chi connectivity index (χ0v) is 14.3. The van der Waals surface area contributed by atoms with Crippen molar-refractivity contribution in [3.05, 3.63) is 59.4 Å². The topological polar surface area (TPSA) is 40.6 Å². The summed E-state index contributed by atoms with van der Waals surface area (Å²) in [7, 11) is 1.88. The lowest BCUT2D eigenvalue weighted by Crippen LogP contribution is -2.38. The second kappa shape index (κ2) is 6.75. The van der Waals surface area contributed by atoms with E-state index in [1.807, 2.05) is 30.3 Å². The summed E-state index contributed by atoms with van der Waals surface area (Å²) in [5.41, 5.74) is 1.72. The van der Waals surface area contributed by atoms with Crippen LogP contribution in [0.25, 0.3) is 0 Å². The van der Waals surface area contributed by atoms with Crippen molar-refractivity contribution in [2.75, 3.05) is 24.9 Å². The molecule has 0 saturated heterocycles. The van der Waals surface area contributed by atoms with E-state index in [9.17, 15) is 14.0 Å². The number of fused-ring (bicyclic) bond motifs is 1. The van der Waals surface area contributed by atoms with Gasteiger partial charge in [-0.05, 0) is 49.2 Å². The molecule has 0 aliphatic carbocycles. The predicted octanol–water partition coefficient (Wildman–Crippen LogP) is 3.17. The van der Waals surface area contributed by atoms with Crippen LogP contribution in [-0.4, -0.2) is 36.6 Å². The highest BCUT2D eigenvalue weighted by atomic mass is 32.2. The molecular formula is C18H17FN2O2S. The van der Waals surface area contributed by atoms with Gasteiger partial charge in [-0.15, -0.1) is 11.8 Å². The number of ketones is 1. The van der Waals surface area contributed by atoms with Gasteiger partial charge in [0.15, 0.2) is 0 Å². The average Bonchev–Trinajstić information content (AvgIpc) is 2.80. The minimum absolute atomic E-state index is 0.137. The van der Waals surface area contributed by atoms with E-state index in [1.54, 1.807) is 11.8 Å². The maximum Gasteiger partial charge on any atom is 0.300 e. The molecule has 0 aromatic heterocycles. The molecule has 1 heterocycles. The van der Waals surface area contributed by atoms with Gasteiger partial charge in [-0.3, -0.25) is 19.4 Å². The van der Waals surface area contributed by atoms with E-state index in [-0.39, 0.29) is 12.2 Å². The van der Waals surface area contributed by atoms with Crippen LogP contribution in [0.1, 0.15) is 15.9 Å². The molecule has 0 fully saturated rings. The molecule has 0 radical (unpaired) electrons. The van der Waals surface area contributed by atoms with Crippen molar-refractivity contribution < 1.29 is 14.0 Å². The zero-order valence-electron chi connectivity index (χ0n) is 13.5. The second-order valence-corrected chi connectivity index (χ2v) is 6.61. The van der Waals surface area contributed by atoms with Crippen LogP contribution in [0, 0.1) is 5.82 Å². The monoisotopic (exact) mass is 344 g/mol. The SMILES string of the molecule is CSc1ccc(CN(C)CN2C(=O)C(=O)c3cc(F)ccc32)cc1. The number of rotatable bonds is 5. The Morgan fingerprint density at radius 2 is 1.83 bits per heavy atom. The van der Waals surface area contributed by atoms with E-state index in [4.69, 9.17) is 0 Å². The fourth-order valence-electron chi connectivity index (χ4n) is 2.75. The highest BCUT2D eigenvalue weighted by Crippen LogP contribution is 2.29. The van der Waals surface area contributed by atoms with E-state index < -0.39 is 17.5 Å². The number of Topliss-reactive ketones (excluding diaryl/α,β-unsaturated/α-hetero) is 1. The third-order valence-electron chi connectivity index (χ3n) is 3.93. The Balaban J connectivity index is 1.73. The highest BCUT2D eigenvalue weighted by molar-refractivity contribution is 7.98. The lowest BCUT2D eigenvalue weighted by atomic mass is 10.1. The normalized spacial score (nSPS) is 13.8. The first kappa shape index (κ1) is 16.7. The van der Waals surface area contributed by atoms with Crippen LogP contribution >= 0.6 is 11.8 Å². The number of carbonyl (C=O) groups excluding carboxylic acids is 2. The predicted molar refractivity (Wildman–Crippen MR) is 92.8 cm³/mol. The van der Waals surface area contributed by atoms with Gasteiger partial charge in [0.1, 0.15) is 5.82 Å². The van der Waals surface area contributed by atoms with Gasteiger partial charge >= 0.3 is 5.91 Å². The second-order valence-electron chi connectivity index (χ2n) is 5.73. The van der Waals surface area contributed by atoms with Gasteiger partial charge in [-0.1, -0.05) is 12.1 Å². The molecule has 2 aromatic carbocycles. The molecule has 3 rings (SSSR count). The van der Waals surface area contributed by atoms with Crippen molar-refractivity contribution in [3.63, 3.8) is 0 Å². The summed E-state index contributed by atoms with van der Waals surface area (Å²) in [6, 6.07) is 12.1. The van der Waals surface area contributed by atoms with Crippen molar-refractivity contribution in [3.8, 4) is 0 Å². The van der Waals surface area contributed by atoms with Gasteiger partial charge in [0.25, 0.3) is 5.78 Å². The molecule has 1 aliphatic heterocycles. The Morgan fingerprint density at radius 3 is 2.50 bits per heavy atom. The lowest BCUT2D eigenvalue weighted by molar-refractivity contribution is -0.114. The van der Waals surface area contributed by atoms with Gasteiger partial charge in [0, 0.05) is 11.4 Å². The number of anilines is 1. The van der Waals surface area contributed by atoms with E-state index in [0.29, 0.717) is 12.2 Å². The fraction of sp³-hybridized carbons (Fsp3) is 0.222. The van der Waals surface area contributed by atoms with E-state index in [0.717, 1.165) is 11.6 Å². The van der Waals surface area contributed by atoms with Crippen molar-refractivity contribution in [2.45, 2.75) is 11.4 Å². The number of hydrogen-bond donors (Lipinski definition) is 0. The fourth-order valence-corrected chi connectivity index (χ4v) is 3.16. The maximum atomic E-state index is 13.3. The minimum atomic E-state index is -0.651. The Kier molecular flexibility index (Phi) is 4.69. The van der Waals surface area contributed by atoms with Crippen LogP contribution in [0.2, 0.25) is 0 Å². The molecule has 1 aliphatic rings. The van der Waals surface area contributed by atoms with E-state index >= 15 is 0 Å². The third kappa shape index (κ3) is 3.20. The molecule has 2 aromatic rings. The lowest BCUT2D eigenvalue weighted by Gasteiger charge is -2.24. The van der Waals surface area contributed by atoms with Gasteiger partial charge in [-0.25, -0.2) is 4.39 Å². The summed E-state index contributed by atoms with van der Waals surface area (Å²) in [5, 5.41) is 0. The molecule has 24 heavy (non-hydrogen) atoms. The molecule has 6 heteroatoms. The summed E-state index contributed by atoms with van der Waals surface area (Å²) in [4.78, 5) is 28.7. The van der Waals surface area contributed by atoms with Crippen LogP contribution in [0.3, 0.4) is 0 Å². The Bertz CT molecular complexity index is 792. The highest BCUT2D eigenvalue weighted by Gasteiger charge is 2.36. The van der Waals surface area contributed by atoms with Gasteiger partial charge < -0.3 is 0 Å². The number of carbonyl (C=O) groups is 2. The molecule has 0 spiro atoms. The first-order chi connectivity index (χ1) is 11.5. The van der Waals surface area contributed by atoms with Crippen LogP contribution < -0.4 is 4.90 Å². The standard InChI is InChI=1S/C18H17FN2O2S/c1-20(10-12-3-6-14(24-2)7-4-12)11-21-16-8-5-13(19)9-15(16)17(22)18(21)23/h3-9H,10-11H2,1-2H3. The Morgan fingerprint density at radius 1 is 1.12 bits per heavy atom. The van der Waals surface area contributed by atoms with Gasteiger partial charge in [-0.2, -0.15) is 0 Å². The summed E-state index contributed by atoms with van der Waals surface area (Å²) in [6.45, 7) is 0.913. The van der Waals surface area contributed by atoms with Crippen molar-refractivity contribution in [1.29, 1.82) is 0 Å². The number of nitrogens with zero attached hydrogens (tertiary/aromatic N) is 2. The van der Waals surface area contributed by atoms with Crippen LogP contribution in [0.15, 0.2) is 47.4 Å². The average molecular weight is 344 g/mol. The van der Waals surface area contributed by atoms with Gasteiger partial charge in [0.05, 0.1) is 17.9 Å². The smallest absolute Gasteiger partial charge is 0.291 e. The van der Waals surface area contributed by atoms with E-state index in [2.05, 4.69) is 12.1 Å². The van der Waals surface area contributed by atoms with Crippen LogP contribution in [0.5, 0.6) is 0 Å². The van der Waals surface area contributed by atoms with Crippen molar-refractivity contribution >= 4 is 29.1 Å². The number of amides is 1. The molecule has 1 amide bonds. The molecule has 4 nitrogen and oxygen atoms in total. The molecule has 0 saturated carbocycles. The van der Waals surface area contributed by atoms with Gasteiger partial charge in [0.2, 0.25) is 0 Å². The molecule has 0 atom stereocenters. The number of benzene rings is 2. The molecular weight excluding hydrogens is 327 g/mol. The number of thioether (sulfide) groups is 1. The van der Waals surface area contributed by atoms with Crippen LogP contribution in [-0.2, 0) is 11.3 Å². The summed E-state index contributed by atoms with van der Waals surface area (Å²) in [6.07, 6.45) is 2.03. The first-order valence-corrected chi connectivity index (χ1v) is 8.69. The Hall–Kier alpha value is -2.18. The minimum Gasteiger partial charge on any atom is -0.291 e. The van der Waals surface area contributed by atoms with Crippen molar-refractivity contribution in [1.82, 2.24) is 4.90 Å². The summed E-state index contributed by atoms with van der Waals surface area (Å²) in [5.74, 6) is -1.78. The number of halogens is 1. The van der Waals surface area contributed by atoms with E-state index in [1.165, 1.54) is 21.9 Å². The molecule has 0 bridgehead atoms. The van der Waals surface area contributed by atoms with Crippen molar-refractivity contribution in [2.24, 2.45) is 0 Å². The molecule has 0 unspecified atom stereocenters. The Labute approximate surface area is 144 Å². The summed E-state index contributed by atoms with van der Waals surface area (Å²) >= 11 is 1.68. The molecule has 0 N–H and O–H groups in total. The quantitative estimate of drug-likeness (QED) is 0.617. The summed E-state index contributed by atoms with van der Waals surface area (Å²) < 4.78 is 13.3. The molecule has 124 valence electrons. The zero-order chi connectivity index (χ0) is 17.3. The first-order valence-electron chi connectivity index (χ1n) is 7.47.